The number of hydrogen-bond acceptors (Lipinski definition) is 3. The molecule has 0 heterocycles. The van der Waals surface area contributed by atoms with Crippen molar-refractivity contribution in [2.45, 2.75) is 6.92 Å². The molecule has 6 heteroatoms. The van der Waals surface area contributed by atoms with Crippen LogP contribution in [0.2, 0.25) is 5.02 Å². The van der Waals surface area contributed by atoms with E-state index in [1.54, 1.807) is 48.5 Å². The van der Waals surface area contributed by atoms with Crippen LogP contribution in [0.15, 0.2) is 48.5 Å². The van der Waals surface area contributed by atoms with Crippen molar-refractivity contribution in [3.8, 4) is 0 Å². The lowest BCUT2D eigenvalue weighted by molar-refractivity contribution is -0.115. The third-order valence-corrected chi connectivity index (χ3v) is 3.09. The highest BCUT2D eigenvalue weighted by molar-refractivity contribution is 6.34. The Morgan fingerprint density at radius 3 is 2.48 bits per heavy atom. The van der Waals surface area contributed by atoms with Crippen LogP contribution in [0.25, 0.3) is 0 Å². The van der Waals surface area contributed by atoms with Gasteiger partial charge in [-0.1, -0.05) is 29.8 Å². The first-order valence-corrected chi connectivity index (χ1v) is 6.58. The van der Waals surface area contributed by atoms with Crippen molar-refractivity contribution in [1.82, 2.24) is 0 Å². The SMILES string of the molecule is CC(=O)N(C(=O)Nc1ccccc1Cl)c1cccc(N)c1. The number of anilines is 3. The Bertz CT molecular complexity index is 688. The second-order valence-corrected chi connectivity index (χ2v) is 4.77. The average Bonchev–Trinajstić information content (AvgIpc) is 2.41. The zero-order valence-corrected chi connectivity index (χ0v) is 12.1. The van der Waals surface area contributed by atoms with Gasteiger partial charge in [-0.05, 0) is 30.3 Å². The summed E-state index contributed by atoms with van der Waals surface area (Å²) in [6.07, 6.45) is 0. The van der Waals surface area contributed by atoms with E-state index in [2.05, 4.69) is 5.32 Å². The van der Waals surface area contributed by atoms with Crippen LogP contribution in [0.3, 0.4) is 0 Å². The number of amides is 3. The molecule has 0 aliphatic heterocycles. The molecule has 2 rings (SSSR count). The quantitative estimate of drug-likeness (QED) is 0.834. The topological polar surface area (TPSA) is 75.4 Å². The van der Waals surface area contributed by atoms with E-state index in [9.17, 15) is 9.59 Å². The maximum atomic E-state index is 12.3. The molecule has 3 N–H and O–H groups in total. The minimum Gasteiger partial charge on any atom is -0.399 e. The average molecular weight is 304 g/mol. The summed E-state index contributed by atoms with van der Waals surface area (Å²) in [5.41, 5.74) is 6.97. The molecule has 0 unspecified atom stereocenters. The van der Waals surface area contributed by atoms with Gasteiger partial charge in [0.15, 0.2) is 0 Å². The number of hydrogen-bond donors (Lipinski definition) is 2. The molecule has 0 aliphatic carbocycles. The molecule has 2 aromatic rings. The highest BCUT2D eigenvalue weighted by Gasteiger charge is 2.21. The largest absolute Gasteiger partial charge is 0.399 e. The number of benzene rings is 2. The fourth-order valence-corrected chi connectivity index (χ4v) is 2.02. The molecule has 21 heavy (non-hydrogen) atoms. The van der Waals surface area contributed by atoms with Gasteiger partial charge in [0.1, 0.15) is 0 Å². The number of halogens is 1. The van der Waals surface area contributed by atoms with Crippen molar-refractivity contribution >= 4 is 40.6 Å². The summed E-state index contributed by atoms with van der Waals surface area (Å²) in [4.78, 5) is 25.1. The Balaban J connectivity index is 2.29. The standard InChI is InChI=1S/C15H14ClN3O2/c1-10(20)19(12-6-4-5-11(17)9-12)15(21)18-14-8-3-2-7-13(14)16/h2-9H,17H2,1H3,(H,18,21). The van der Waals surface area contributed by atoms with E-state index in [4.69, 9.17) is 17.3 Å². The predicted molar refractivity (Wildman–Crippen MR) is 84.5 cm³/mol. The zero-order chi connectivity index (χ0) is 15.4. The third kappa shape index (κ3) is 3.52. The smallest absolute Gasteiger partial charge is 0.333 e. The van der Waals surface area contributed by atoms with Crippen LogP contribution in [0.4, 0.5) is 21.9 Å². The second kappa shape index (κ2) is 6.28. The third-order valence-electron chi connectivity index (χ3n) is 2.76. The van der Waals surface area contributed by atoms with Gasteiger partial charge in [0.05, 0.1) is 16.4 Å². The summed E-state index contributed by atoms with van der Waals surface area (Å²) in [6, 6.07) is 12.7. The lowest BCUT2D eigenvalue weighted by Crippen LogP contribution is -2.38. The summed E-state index contributed by atoms with van der Waals surface area (Å²) >= 11 is 5.99. The van der Waals surface area contributed by atoms with E-state index in [-0.39, 0.29) is 0 Å². The van der Waals surface area contributed by atoms with Gasteiger partial charge in [-0.15, -0.1) is 0 Å². The molecule has 2 aromatic carbocycles. The Labute approximate surface area is 127 Å². The molecule has 0 atom stereocenters. The summed E-state index contributed by atoms with van der Waals surface area (Å²) in [6.45, 7) is 1.30. The van der Waals surface area contributed by atoms with Crippen molar-refractivity contribution in [1.29, 1.82) is 0 Å². The number of carbonyl (C=O) groups is 2. The fraction of sp³-hybridized carbons (Fsp3) is 0.0667. The highest BCUT2D eigenvalue weighted by atomic mass is 35.5. The van der Waals surface area contributed by atoms with E-state index in [1.807, 2.05) is 0 Å². The number of nitrogens with one attached hydrogen (secondary N) is 1. The van der Waals surface area contributed by atoms with Gasteiger partial charge in [-0.25, -0.2) is 9.69 Å². The first kappa shape index (κ1) is 14.9. The number of nitrogens with two attached hydrogens (primary N) is 1. The van der Waals surface area contributed by atoms with Gasteiger partial charge in [-0.2, -0.15) is 0 Å². The van der Waals surface area contributed by atoms with Gasteiger partial charge >= 0.3 is 6.03 Å². The molecule has 3 amide bonds. The number of nitrogen functional groups attached to an aromatic ring is 1. The van der Waals surface area contributed by atoms with Gasteiger partial charge < -0.3 is 11.1 Å². The normalized spacial score (nSPS) is 10.0. The molecule has 0 aromatic heterocycles. The minimum absolute atomic E-state index is 0.391. The van der Waals surface area contributed by atoms with Crippen LogP contribution < -0.4 is 16.0 Å². The number of para-hydroxylation sites is 1. The molecule has 108 valence electrons. The van der Waals surface area contributed by atoms with Crippen LogP contribution in [-0.2, 0) is 4.79 Å². The van der Waals surface area contributed by atoms with Crippen LogP contribution in [-0.4, -0.2) is 11.9 Å². The molecular formula is C15H14ClN3O2. The molecule has 5 nitrogen and oxygen atoms in total. The molecule has 0 fully saturated rings. The van der Waals surface area contributed by atoms with Crippen molar-refractivity contribution in [3.05, 3.63) is 53.6 Å². The number of carbonyl (C=O) groups excluding carboxylic acids is 2. The van der Waals surface area contributed by atoms with Crippen LogP contribution in [0, 0.1) is 0 Å². The Hall–Kier alpha value is -2.53. The number of rotatable bonds is 2. The highest BCUT2D eigenvalue weighted by Crippen LogP contribution is 2.23. The maximum absolute atomic E-state index is 12.3. The van der Waals surface area contributed by atoms with Crippen molar-refractivity contribution in [3.63, 3.8) is 0 Å². The molecule has 0 spiro atoms. The molecule has 0 saturated heterocycles. The number of urea groups is 1. The monoisotopic (exact) mass is 303 g/mol. The van der Waals surface area contributed by atoms with Gasteiger partial charge in [0.2, 0.25) is 5.91 Å². The van der Waals surface area contributed by atoms with E-state index in [0.29, 0.717) is 22.1 Å². The molecule has 0 bridgehead atoms. The number of nitrogens with zero attached hydrogens (tertiary/aromatic N) is 1. The summed E-state index contributed by atoms with van der Waals surface area (Å²) in [5, 5.41) is 2.99. The predicted octanol–water partition coefficient (Wildman–Crippen LogP) is 3.51. The summed E-state index contributed by atoms with van der Waals surface area (Å²) < 4.78 is 0. The number of imide groups is 1. The molecular weight excluding hydrogens is 290 g/mol. The lowest BCUT2D eigenvalue weighted by Gasteiger charge is -2.20. The Morgan fingerprint density at radius 2 is 1.86 bits per heavy atom. The van der Waals surface area contributed by atoms with Crippen LogP contribution in [0.1, 0.15) is 6.92 Å². The molecule has 0 aliphatic rings. The second-order valence-electron chi connectivity index (χ2n) is 4.36. The van der Waals surface area contributed by atoms with Gasteiger partial charge in [0.25, 0.3) is 0 Å². The zero-order valence-electron chi connectivity index (χ0n) is 11.3. The van der Waals surface area contributed by atoms with Crippen LogP contribution >= 0.6 is 11.6 Å². The Kier molecular flexibility index (Phi) is 4.45. The maximum Gasteiger partial charge on any atom is 0.333 e. The van der Waals surface area contributed by atoms with Crippen molar-refractivity contribution in [2.75, 3.05) is 16.0 Å². The van der Waals surface area contributed by atoms with Crippen molar-refractivity contribution < 1.29 is 9.59 Å². The Morgan fingerprint density at radius 1 is 1.14 bits per heavy atom. The van der Waals surface area contributed by atoms with Gasteiger partial charge in [-0.3, -0.25) is 4.79 Å². The first-order valence-electron chi connectivity index (χ1n) is 6.21. The van der Waals surface area contributed by atoms with Crippen molar-refractivity contribution in [2.24, 2.45) is 0 Å². The van der Waals surface area contributed by atoms with E-state index >= 15 is 0 Å². The van der Waals surface area contributed by atoms with Crippen LogP contribution in [0.5, 0.6) is 0 Å². The molecule has 0 saturated carbocycles. The lowest BCUT2D eigenvalue weighted by atomic mass is 10.2. The first-order chi connectivity index (χ1) is 9.99. The van der Waals surface area contributed by atoms with Gasteiger partial charge in [0, 0.05) is 12.6 Å². The van der Waals surface area contributed by atoms with E-state index in [1.165, 1.54) is 6.92 Å². The summed E-state index contributed by atoms with van der Waals surface area (Å²) in [7, 11) is 0. The fourth-order valence-electron chi connectivity index (χ4n) is 1.84. The minimum atomic E-state index is -0.596. The summed E-state index contributed by atoms with van der Waals surface area (Å²) in [5.74, 6) is -0.426. The van der Waals surface area contributed by atoms with E-state index < -0.39 is 11.9 Å². The van der Waals surface area contributed by atoms with E-state index in [0.717, 1.165) is 4.90 Å². The molecule has 0 radical (unpaired) electrons.